The average Bonchev–Trinajstić information content (AvgIpc) is 2.19. The predicted octanol–water partition coefficient (Wildman–Crippen LogP) is 2.21. The number of piperidine rings is 1. The molecule has 1 aromatic carbocycles. The fourth-order valence-corrected chi connectivity index (χ4v) is 1.90. The highest BCUT2D eigenvalue weighted by Crippen LogP contribution is 2.33. The van der Waals surface area contributed by atoms with Gasteiger partial charge in [0.1, 0.15) is 5.75 Å². The first-order valence-electron chi connectivity index (χ1n) is 5.19. The first-order valence-corrected chi connectivity index (χ1v) is 5.19. The minimum absolute atomic E-state index is 0.0867. The van der Waals surface area contributed by atoms with Gasteiger partial charge in [0.05, 0.1) is 11.4 Å². The van der Waals surface area contributed by atoms with Crippen LogP contribution in [0.1, 0.15) is 12.8 Å². The molecule has 1 heterocycles. The number of hydrogen-bond acceptors (Lipinski definition) is 3. The molecule has 1 aliphatic rings. The van der Waals surface area contributed by atoms with Gasteiger partial charge in [-0.05, 0) is 12.1 Å². The van der Waals surface area contributed by atoms with E-state index in [1.165, 1.54) is 12.1 Å². The van der Waals surface area contributed by atoms with Crippen molar-refractivity contribution in [1.82, 2.24) is 0 Å². The van der Waals surface area contributed by atoms with Crippen LogP contribution in [-0.2, 0) is 0 Å². The number of halogens is 2. The summed E-state index contributed by atoms with van der Waals surface area (Å²) < 4.78 is 25.9. The van der Waals surface area contributed by atoms with E-state index in [1.807, 2.05) is 4.90 Å². The minimum Gasteiger partial charge on any atom is -0.508 e. The molecule has 0 bridgehead atoms. The molecule has 1 fully saturated rings. The minimum atomic E-state index is -2.55. The maximum atomic E-state index is 13.0. The third-order valence-electron chi connectivity index (χ3n) is 2.85. The number of phenolic OH excluding ortho intramolecular Hbond substituents is 1. The third kappa shape index (κ3) is 2.18. The van der Waals surface area contributed by atoms with E-state index in [1.54, 1.807) is 6.07 Å². The molecule has 0 aliphatic carbocycles. The van der Waals surface area contributed by atoms with Crippen LogP contribution < -0.4 is 10.6 Å². The Morgan fingerprint density at radius 1 is 1.25 bits per heavy atom. The molecule has 1 aromatic rings. The molecule has 0 radical (unpaired) electrons. The van der Waals surface area contributed by atoms with E-state index in [9.17, 15) is 13.9 Å². The SMILES string of the molecule is Nc1cc(O)ccc1N1CCC(F)(F)CC1. The number of anilines is 2. The molecule has 0 amide bonds. The number of hydrogen-bond donors (Lipinski definition) is 2. The molecule has 88 valence electrons. The molecule has 0 spiro atoms. The van der Waals surface area contributed by atoms with Crippen LogP contribution in [0.15, 0.2) is 18.2 Å². The first kappa shape index (κ1) is 11.0. The number of nitrogens with zero attached hydrogens (tertiary/aromatic N) is 1. The van der Waals surface area contributed by atoms with Gasteiger partial charge in [0.2, 0.25) is 0 Å². The highest BCUT2D eigenvalue weighted by Gasteiger charge is 2.34. The van der Waals surface area contributed by atoms with Crippen molar-refractivity contribution in [3.8, 4) is 5.75 Å². The molecule has 5 heteroatoms. The maximum Gasteiger partial charge on any atom is 0.251 e. The third-order valence-corrected chi connectivity index (χ3v) is 2.85. The lowest BCUT2D eigenvalue weighted by molar-refractivity contribution is -0.0220. The quantitative estimate of drug-likeness (QED) is 0.724. The van der Waals surface area contributed by atoms with Gasteiger partial charge in [0, 0.05) is 32.0 Å². The number of rotatable bonds is 1. The van der Waals surface area contributed by atoms with Gasteiger partial charge in [0.15, 0.2) is 0 Å². The number of nitrogens with two attached hydrogens (primary N) is 1. The van der Waals surface area contributed by atoms with Gasteiger partial charge in [-0.1, -0.05) is 0 Å². The molecule has 0 unspecified atom stereocenters. The van der Waals surface area contributed by atoms with Crippen molar-refractivity contribution in [3.63, 3.8) is 0 Å². The summed E-state index contributed by atoms with van der Waals surface area (Å²) in [6.45, 7) is 0.587. The van der Waals surface area contributed by atoms with Crippen LogP contribution in [-0.4, -0.2) is 24.1 Å². The van der Waals surface area contributed by atoms with Gasteiger partial charge in [-0.2, -0.15) is 0 Å². The van der Waals surface area contributed by atoms with Gasteiger partial charge < -0.3 is 15.7 Å². The smallest absolute Gasteiger partial charge is 0.251 e. The summed E-state index contributed by atoms with van der Waals surface area (Å²) in [7, 11) is 0. The maximum absolute atomic E-state index is 13.0. The average molecular weight is 228 g/mol. The van der Waals surface area contributed by atoms with Crippen LogP contribution in [0.4, 0.5) is 20.2 Å². The van der Waals surface area contributed by atoms with Crippen LogP contribution in [0.2, 0.25) is 0 Å². The van der Waals surface area contributed by atoms with Crippen molar-refractivity contribution >= 4 is 11.4 Å². The van der Waals surface area contributed by atoms with Crippen LogP contribution >= 0.6 is 0 Å². The predicted molar refractivity (Wildman–Crippen MR) is 58.9 cm³/mol. The summed E-state index contributed by atoms with van der Waals surface area (Å²) >= 11 is 0. The number of nitrogen functional groups attached to an aromatic ring is 1. The molecular weight excluding hydrogens is 214 g/mol. The van der Waals surface area contributed by atoms with Gasteiger partial charge in [-0.15, -0.1) is 0 Å². The Balaban J connectivity index is 2.14. The van der Waals surface area contributed by atoms with E-state index in [4.69, 9.17) is 5.73 Å². The van der Waals surface area contributed by atoms with E-state index >= 15 is 0 Å². The molecule has 1 saturated heterocycles. The van der Waals surface area contributed by atoms with Crippen molar-refractivity contribution in [1.29, 1.82) is 0 Å². The Kier molecular flexibility index (Phi) is 2.61. The van der Waals surface area contributed by atoms with Gasteiger partial charge in [-0.25, -0.2) is 8.78 Å². The Labute approximate surface area is 92.5 Å². The fourth-order valence-electron chi connectivity index (χ4n) is 1.90. The second kappa shape index (κ2) is 3.81. The zero-order valence-electron chi connectivity index (χ0n) is 8.79. The molecule has 3 N–H and O–H groups in total. The first-order chi connectivity index (χ1) is 7.48. The van der Waals surface area contributed by atoms with E-state index < -0.39 is 5.92 Å². The topological polar surface area (TPSA) is 49.5 Å². The Morgan fingerprint density at radius 3 is 2.44 bits per heavy atom. The number of phenols is 1. The lowest BCUT2D eigenvalue weighted by Crippen LogP contribution is -2.39. The van der Waals surface area contributed by atoms with Gasteiger partial charge >= 0.3 is 0 Å². The Bertz CT molecular complexity index is 386. The zero-order valence-corrected chi connectivity index (χ0v) is 8.79. The van der Waals surface area contributed by atoms with Crippen LogP contribution in [0, 0.1) is 0 Å². The number of aromatic hydroxyl groups is 1. The van der Waals surface area contributed by atoms with Crippen molar-refractivity contribution in [2.45, 2.75) is 18.8 Å². The zero-order chi connectivity index (χ0) is 11.8. The molecule has 3 nitrogen and oxygen atoms in total. The van der Waals surface area contributed by atoms with Gasteiger partial charge in [-0.3, -0.25) is 0 Å². The van der Waals surface area contributed by atoms with E-state index in [0.717, 1.165) is 0 Å². The van der Waals surface area contributed by atoms with Crippen molar-refractivity contribution < 1.29 is 13.9 Å². The summed E-state index contributed by atoms with van der Waals surface area (Å²) in [5.41, 5.74) is 6.87. The summed E-state index contributed by atoms with van der Waals surface area (Å²) in [5, 5.41) is 9.20. The summed E-state index contributed by atoms with van der Waals surface area (Å²) in [5.74, 6) is -2.47. The standard InChI is InChI=1S/C11H14F2N2O/c12-11(13)3-5-15(6-4-11)10-2-1-8(16)7-9(10)14/h1-2,7,16H,3-6,14H2. The molecule has 0 saturated carbocycles. The van der Waals surface area contributed by atoms with Crippen LogP contribution in [0.3, 0.4) is 0 Å². The van der Waals surface area contributed by atoms with Crippen molar-refractivity contribution in [2.75, 3.05) is 23.7 Å². The Hall–Kier alpha value is -1.52. The number of benzene rings is 1. The molecule has 16 heavy (non-hydrogen) atoms. The molecular formula is C11H14F2N2O. The second-order valence-electron chi connectivity index (χ2n) is 4.09. The van der Waals surface area contributed by atoms with Crippen LogP contribution in [0.5, 0.6) is 5.75 Å². The Morgan fingerprint density at radius 2 is 1.88 bits per heavy atom. The molecule has 0 aromatic heterocycles. The highest BCUT2D eigenvalue weighted by molar-refractivity contribution is 5.69. The molecule has 2 rings (SSSR count). The largest absolute Gasteiger partial charge is 0.508 e. The summed E-state index contributed by atoms with van der Waals surface area (Å²) in [6, 6.07) is 4.61. The highest BCUT2D eigenvalue weighted by atomic mass is 19.3. The van der Waals surface area contributed by atoms with Crippen molar-refractivity contribution in [3.05, 3.63) is 18.2 Å². The van der Waals surface area contributed by atoms with E-state index in [2.05, 4.69) is 0 Å². The summed E-state index contributed by atoms with van der Waals surface area (Å²) in [4.78, 5) is 1.83. The molecule has 1 aliphatic heterocycles. The normalized spacial score (nSPS) is 19.8. The van der Waals surface area contributed by atoms with E-state index in [0.29, 0.717) is 24.5 Å². The van der Waals surface area contributed by atoms with Crippen molar-refractivity contribution in [2.24, 2.45) is 0 Å². The van der Waals surface area contributed by atoms with Crippen LogP contribution in [0.25, 0.3) is 0 Å². The molecule has 0 atom stereocenters. The van der Waals surface area contributed by atoms with E-state index in [-0.39, 0.29) is 18.6 Å². The number of alkyl halides is 2. The summed E-state index contributed by atoms with van der Waals surface area (Å²) in [6.07, 6.45) is -0.291. The lowest BCUT2D eigenvalue weighted by Gasteiger charge is -2.34. The fraction of sp³-hybridized carbons (Fsp3) is 0.455. The lowest BCUT2D eigenvalue weighted by atomic mass is 10.1. The second-order valence-corrected chi connectivity index (χ2v) is 4.09. The monoisotopic (exact) mass is 228 g/mol. The van der Waals surface area contributed by atoms with Gasteiger partial charge in [0.25, 0.3) is 5.92 Å².